The predicted molar refractivity (Wildman–Crippen MR) is 89.1 cm³/mol. The molecule has 0 aliphatic heterocycles. The molecule has 0 saturated carbocycles. The molecule has 5 nitrogen and oxygen atoms in total. The third-order valence-corrected chi connectivity index (χ3v) is 3.81. The molecule has 122 valence electrons. The van der Waals surface area contributed by atoms with E-state index in [4.69, 9.17) is 10.5 Å². The van der Waals surface area contributed by atoms with Gasteiger partial charge in [-0.05, 0) is 58.0 Å². The Kier molecular flexibility index (Phi) is 4.89. The van der Waals surface area contributed by atoms with Crippen LogP contribution >= 0.6 is 0 Å². The van der Waals surface area contributed by atoms with Crippen molar-refractivity contribution in [2.24, 2.45) is 5.73 Å². The molecule has 0 aliphatic carbocycles. The van der Waals surface area contributed by atoms with Crippen molar-refractivity contribution < 1.29 is 14.3 Å². The number of benzene rings is 1. The van der Waals surface area contributed by atoms with Crippen LogP contribution < -0.4 is 10.5 Å². The molecule has 2 rings (SSSR count). The number of aromatic nitrogens is 1. The van der Waals surface area contributed by atoms with Crippen LogP contribution in [0.25, 0.3) is 0 Å². The van der Waals surface area contributed by atoms with Crippen LogP contribution in [0.1, 0.15) is 52.0 Å². The molecule has 1 amide bonds. The molecule has 0 radical (unpaired) electrons. The third kappa shape index (κ3) is 3.62. The first-order valence-electron chi connectivity index (χ1n) is 7.55. The molecule has 5 heteroatoms. The molecule has 0 fully saturated rings. The van der Waals surface area contributed by atoms with Crippen molar-refractivity contribution in [2.45, 2.75) is 33.7 Å². The smallest absolute Gasteiger partial charge is 0.248 e. The van der Waals surface area contributed by atoms with Gasteiger partial charge in [0.15, 0.2) is 6.61 Å². The van der Waals surface area contributed by atoms with Gasteiger partial charge < -0.3 is 15.0 Å². The van der Waals surface area contributed by atoms with E-state index >= 15 is 0 Å². The van der Waals surface area contributed by atoms with Crippen LogP contribution in [0, 0.1) is 13.8 Å². The second-order valence-corrected chi connectivity index (χ2v) is 5.85. The lowest BCUT2D eigenvalue weighted by Crippen LogP contribution is -2.14. The molecule has 0 unspecified atom stereocenters. The zero-order chi connectivity index (χ0) is 17.1. The van der Waals surface area contributed by atoms with E-state index in [9.17, 15) is 9.59 Å². The minimum Gasteiger partial charge on any atom is -0.485 e. The van der Waals surface area contributed by atoms with E-state index in [1.165, 1.54) is 0 Å². The summed E-state index contributed by atoms with van der Waals surface area (Å²) in [4.78, 5) is 23.4. The molecular weight excluding hydrogens is 292 g/mol. The van der Waals surface area contributed by atoms with Crippen molar-refractivity contribution in [3.63, 3.8) is 0 Å². The summed E-state index contributed by atoms with van der Waals surface area (Å²) in [6.45, 7) is 8.07. The van der Waals surface area contributed by atoms with Gasteiger partial charge in [0.25, 0.3) is 0 Å². The van der Waals surface area contributed by atoms with Crippen LogP contribution in [-0.2, 0) is 0 Å². The number of rotatable bonds is 6. The molecule has 1 heterocycles. The van der Waals surface area contributed by atoms with Gasteiger partial charge in [-0.3, -0.25) is 9.59 Å². The minimum atomic E-state index is -0.492. The van der Waals surface area contributed by atoms with Crippen molar-refractivity contribution in [3.8, 4) is 5.75 Å². The first-order valence-corrected chi connectivity index (χ1v) is 7.55. The number of nitrogens with zero attached hydrogens (tertiary/aromatic N) is 1. The van der Waals surface area contributed by atoms with Gasteiger partial charge in [-0.1, -0.05) is 0 Å². The van der Waals surface area contributed by atoms with Crippen LogP contribution in [0.5, 0.6) is 5.75 Å². The lowest BCUT2D eigenvalue weighted by atomic mass is 10.1. The maximum atomic E-state index is 12.4. The Morgan fingerprint density at radius 1 is 1.17 bits per heavy atom. The Morgan fingerprint density at radius 2 is 1.78 bits per heavy atom. The highest BCUT2D eigenvalue weighted by atomic mass is 16.5. The molecule has 0 spiro atoms. The Bertz CT molecular complexity index is 727. The SMILES string of the molecule is Cc1cc(C(=O)COc2ccc(C(N)=O)cc2)c(C)n1C(C)C. The van der Waals surface area contributed by atoms with E-state index < -0.39 is 5.91 Å². The predicted octanol–water partition coefficient (Wildman–Crippen LogP) is 3.05. The molecule has 0 bridgehead atoms. The fourth-order valence-electron chi connectivity index (χ4n) is 2.80. The summed E-state index contributed by atoms with van der Waals surface area (Å²) in [5.41, 5.74) is 8.29. The van der Waals surface area contributed by atoms with Gasteiger partial charge in [-0.2, -0.15) is 0 Å². The van der Waals surface area contributed by atoms with Gasteiger partial charge in [0, 0.05) is 28.6 Å². The summed E-state index contributed by atoms with van der Waals surface area (Å²) in [5, 5.41) is 0. The van der Waals surface area contributed by atoms with Crippen molar-refractivity contribution in [1.29, 1.82) is 0 Å². The minimum absolute atomic E-state index is 0.0433. The molecule has 2 N–H and O–H groups in total. The quantitative estimate of drug-likeness (QED) is 0.833. The largest absolute Gasteiger partial charge is 0.485 e. The van der Waals surface area contributed by atoms with Crippen LogP contribution in [0.3, 0.4) is 0 Å². The summed E-state index contributed by atoms with van der Waals surface area (Å²) in [6, 6.07) is 8.62. The highest BCUT2D eigenvalue weighted by Crippen LogP contribution is 2.21. The molecule has 2 aromatic rings. The van der Waals surface area contributed by atoms with Crippen molar-refractivity contribution in [1.82, 2.24) is 4.57 Å². The van der Waals surface area contributed by atoms with Crippen molar-refractivity contribution >= 4 is 11.7 Å². The normalized spacial score (nSPS) is 10.8. The number of aryl methyl sites for hydroxylation is 1. The van der Waals surface area contributed by atoms with Crippen LogP contribution in [0.4, 0.5) is 0 Å². The maximum absolute atomic E-state index is 12.4. The Morgan fingerprint density at radius 3 is 2.26 bits per heavy atom. The zero-order valence-electron chi connectivity index (χ0n) is 13.9. The Hall–Kier alpha value is -2.56. The molecule has 0 aliphatic rings. The number of carbonyl (C=O) groups excluding carboxylic acids is 2. The first-order chi connectivity index (χ1) is 10.8. The number of carbonyl (C=O) groups is 2. The third-order valence-electron chi connectivity index (χ3n) is 3.81. The van der Waals surface area contributed by atoms with E-state index in [1.807, 2.05) is 19.9 Å². The molecular formula is C18H22N2O3. The number of hydrogen-bond acceptors (Lipinski definition) is 3. The van der Waals surface area contributed by atoms with Crippen molar-refractivity contribution in [3.05, 3.63) is 52.8 Å². The standard InChI is InChI=1S/C18H22N2O3/c1-11(2)20-12(3)9-16(13(20)4)17(21)10-23-15-7-5-14(6-8-15)18(19)22/h5-9,11H,10H2,1-4H3,(H2,19,22). The number of nitrogens with two attached hydrogens (primary N) is 1. The summed E-state index contributed by atoms with van der Waals surface area (Å²) in [7, 11) is 0. The van der Waals surface area contributed by atoms with E-state index in [2.05, 4.69) is 18.4 Å². The zero-order valence-corrected chi connectivity index (χ0v) is 13.9. The van der Waals surface area contributed by atoms with Crippen molar-refractivity contribution in [2.75, 3.05) is 6.61 Å². The van der Waals surface area contributed by atoms with Crippen LogP contribution in [0.15, 0.2) is 30.3 Å². The molecule has 23 heavy (non-hydrogen) atoms. The Labute approximate surface area is 136 Å². The second kappa shape index (κ2) is 6.69. The molecule has 1 aromatic carbocycles. The monoisotopic (exact) mass is 314 g/mol. The lowest BCUT2D eigenvalue weighted by Gasteiger charge is -2.13. The van der Waals surface area contributed by atoms with Gasteiger partial charge in [0.1, 0.15) is 5.75 Å². The fourth-order valence-corrected chi connectivity index (χ4v) is 2.80. The summed E-state index contributed by atoms with van der Waals surface area (Å²) in [5.74, 6) is -0.0289. The highest BCUT2D eigenvalue weighted by molar-refractivity contribution is 5.98. The van der Waals surface area contributed by atoms with Crippen LogP contribution in [-0.4, -0.2) is 22.9 Å². The van der Waals surface area contributed by atoms with Gasteiger partial charge in [-0.15, -0.1) is 0 Å². The van der Waals surface area contributed by atoms with E-state index in [0.717, 1.165) is 11.4 Å². The van der Waals surface area contributed by atoms with Gasteiger partial charge in [0.2, 0.25) is 11.7 Å². The lowest BCUT2D eigenvalue weighted by molar-refractivity contribution is 0.0919. The summed E-state index contributed by atoms with van der Waals surface area (Å²) < 4.78 is 7.64. The average Bonchev–Trinajstić information content (AvgIpc) is 2.80. The molecule has 0 saturated heterocycles. The number of ketones is 1. The molecule has 0 atom stereocenters. The van der Waals surface area contributed by atoms with Gasteiger partial charge in [-0.25, -0.2) is 0 Å². The maximum Gasteiger partial charge on any atom is 0.248 e. The Balaban J connectivity index is 2.08. The number of primary amides is 1. The van der Waals surface area contributed by atoms with Crippen LogP contribution in [0.2, 0.25) is 0 Å². The molecule has 1 aromatic heterocycles. The second-order valence-electron chi connectivity index (χ2n) is 5.85. The average molecular weight is 314 g/mol. The fraction of sp³-hybridized carbons (Fsp3) is 0.333. The highest BCUT2D eigenvalue weighted by Gasteiger charge is 2.17. The summed E-state index contributed by atoms with van der Waals surface area (Å²) in [6.07, 6.45) is 0. The van der Waals surface area contributed by atoms with E-state index in [0.29, 0.717) is 22.9 Å². The number of hydrogen-bond donors (Lipinski definition) is 1. The topological polar surface area (TPSA) is 74.3 Å². The number of ether oxygens (including phenoxy) is 1. The summed E-state index contributed by atoms with van der Waals surface area (Å²) >= 11 is 0. The van der Waals surface area contributed by atoms with Gasteiger partial charge in [0.05, 0.1) is 0 Å². The van der Waals surface area contributed by atoms with E-state index in [1.54, 1.807) is 24.3 Å². The first kappa shape index (κ1) is 16.8. The van der Waals surface area contributed by atoms with Gasteiger partial charge >= 0.3 is 0 Å². The van der Waals surface area contributed by atoms with E-state index in [-0.39, 0.29) is 12.4 Å². The number of amides is 1. The number of Topliss-reactive ketones (excluding diaryl/α,β-unsaturated/α-hetero) is 1.